The highest BCUT2D eigenvalue weighted by molar-refractivity contribution is 5.94. The van der Waals surface area contributed by atoms with Gasteiger partial charge in [-0.2, -0.15) is 4.98 Å². The first-order chi connectivity index (χ1) is 13.7. The summed E-state index contributed by atoms with van der Waals surface area (Å²) in [6.07, 6.45) is 3.24. The molecular formula is C19H18FN5O3. The minimum absolute atomic E-state index is 0.0828. The second-order valence-corrected chi connectivity index (χ2v) is 6.24. The molecule has 2 aromatic heterocycles. The maximum absolute atomic E-state index is 13.3. The Morgan fingerprint density at radius 1 is 1.21 bits per heavy atom. The molecule has 1 saturated heterocycles. The summed E-state index contributed by atoms with van der Waals surface area (Å²) in [5.41, 5.74) is 1.80. The lowest BCUT2D eigenvalue weighted by Crippen LogP contribution is -2.36. The molecule has 0 saturated carbocycles. The van der Waals surface area contributed by atoms with Gasteiger partial charge in [-0.15, -0.1) is 0 Å². The third-order valence-corrected chi connectivity index (χ3v) is 4.31. The highest BCUT2D eigenvalue weighted by atomic mass is 19.1. The van der Waals surface area contributed by atoms with Crippen LogP contribution in [-0.4, -0.2) is 47.3 Å². The zero-order valence-corrected chi connectivity index (χ0v) is 15.0. The van der Waals surface area contributed by atoms with Gasteiger partial charge in [-0.25, -0.2) is 4.39 Å². The van der Waals surface area contributed by atoms with Crippen molar-refractivity contribution in [3.8, 4) is 11.5 Å². The number of ether oxygens (including phenoxy) is 1. The molecule has 0 atom stereocenters. The Bertz CT molecular complexity index is 971. The Kier molecular flexibility index (Phi) is 5.24. The highest BCUT2D eigenvalue weighted by Crippen LogP contribution is 2.18. The highest BCUT2D eigenvalue weighted by Gasteiger charge is 2.15. The van der Waals surface area contributed by atoms with Gasteiger partial charge in [0, 0.05) is 24.8 Å². The first-order valence-electron chi connectivity index (χ1n) is 8.83. The van der Waals surface area contributed by atoms with Gasteiger partial charge in [0.1, 0.15) is 5.82 Å². The third kappa shape index (κ3) is 4.15. The van der Waals surface area contributed by atoms with Crippen LogP contribution in [0.1, 0.15) is 16.2 Å². The Hall–Kier alpha value is -3.33. The van der Waals surface area contributed by atoms with E-state index in [1.54, 1.807) is 24.4 Å². The molecule has 4 rings (SSSR count). The number of morpholine rings is 1. The van der Waals surface area contributed by atoms with Crippen LogP contribution in [0.5, 0.6) is 0 Å². The number of nitrogens with zero attached hydrogens (tertiary/aromatic N) is 4. The number of benzene rings is 1. The van der Waals surface area contributed by atoms with Crippen LogP contribution < -0.4 is 10.2 Å². The van der Waals surface area contributed by atoms with Crippen molar-refractivity contribution in [2.45, 2.75) is 6.54 Å². The second kappa shape index (κ2) is 8.13. The van der Waals surface area contributed by atoms with Crippen LogP contribution in [-0.2, 0) is 11.3 Å². The summed E-state index contributed by atoms with van der Waals surface area (Å²) in [4.78, 5) is 22.9. The molecule has 0 spiro atoms. The van der Waals surface area contributed by atoms with Gasteiger partial charge in [0.05, 0.1) is 37.2 Å². The van der Waals surface area contributed by atoms with Gasteiger partial charge >= 0.3 is 0 Å². The summed E-state index contributed by atoms with van der Waals surface area (Å²) in [6, 6.07) is 7.66. The molecular weight excluding hydrogens is 365 g/mol. The van der Waals surface area contributed by atoms with Crippen LogP contribution in [0.2, 0.25) is 0 Å². The molecule has 3 aromatic rings. The summed E-state index contributed by atoms with van der Waals surface area (Å²) in [5.74, 6) is -0.192. The fourth-order valence-electron chi connectivity index (χ4n) is 2.87. The molecule has 1 aromatic carbocycles. The number of anilines is 1. The number of hydrogen-bond donors (Lipinski definition) is 1. The van der Waals surface area contributed by atoms with E-state index >= 15 is 0 Å². The van der Waals surface area contributed by atoms with Crippen molar-refractivity contribution in [1.29, 1.82) is 0 Å². The van der Waals surface area contributed by atoms with E-state index in [1.807, 2.05) is 0 Å². The van der Waals surface area contributed by atoms with Gasteiger partial charge in [0.25, 0.3) is 11.8 Å². The zero-order chi connectivity index (χ0) is 19.3. The number of hydrogen-bond acceptors (Lipinski definition) is 7. The van der Waals surface area contributed by atoms with Crippen molar-refractivity contribution < 1.29 is 18.4 Å². The lowest BCUT2D eigenvalue weighted by molar-refractivity contribution is 0.0949. The number of pyridine rings is 1. The van der Waals surface area contributed by atoms with E-state index in [9.17, 15) is 9.18 Å². The first-order valence-corrected chi connectivity index (χ1v) is 8.83. The average Bonchev–Trinajstić information content (AvgIpc) is 3.22. The molecule has 1 aliphatic heterocycles. The van der Waals surface area contributed by atoms with Crippen molar-refractivity contribution in [1.82, 2.24) is 20.4 Å². The number of carbonyl (C=O) groups is 1. The van der Waals surface area contributed by atoms with Gasteiger partial charge in [0.2, 0.25) is 0 Å². The summed E-state index contributed by atoms with van der Waals surface area (Å²) in [7, 11) is 0. The standard InChI is InChI=1S/C19H18FN5O3/c20-15-3-1-2-13(8-15)19-23-17(24-28-19)12-22-18(26)14-9-16(11-21-10-14)25-4-6-27-7-5-25/h1-3,8-11H,4-7,12H2,(H,22,26). The molecule has 144 valence electrons. The maximum atomic E-state index is 13.3. The quantitative estimate of drug-likeness (QED) is 0.721. The topological polar surface area (TPSA) is 93.4 Å². The number of aromatic nitrogens is 3. The fourth-order valence-corrected chi connectivity index (χ4v) is 2.87. The largest absolute Gasteiger partial charge is 0.378 e. The van der Waals surface area contributed by atoms with Crippen molar-refractivity contribution in [2.75, 3.05) is 31.2 Å². The Balaban J connectivity index is 1.39. The summed E-state index contributed by atoms with van der Waals surface area (Å²) in [5, 5.41) is 6.56. The molecule has 0 radical (unpaired) electrons. The molecule has 1 N–H and O–H groups in total. The van der Waals surface area contributed by atoms with Gasteiger partial charge in [-0.1, -0.05) is 11.2 Å². The number of halogens is 1. The van der Waals surface area contributed by atoms with Crippen LogP contribution in [0.3, 0.4) is 0 Å². The van der Waals surface area contributed by atoms with Crippen molar-refractivity contribution in [3.05, 3.63) is 59.9 Å². The predicted molar refractivity (Wildman–Crippen MR) is 98.1 cm³/mol. The zero-order valence-electron chi connectivity index (χ0n) is 15.0. The molecule has 1 fully saturated rings. The minimum Gasteiger partial charge on any atom is -0.378 e. The monoisotopic (exact) mass is 383 g/mol. The molecule has 0 bridgehead atoms. The van der Waals surface area contributed by atoms with E-state index in [2.05, 4.69) is 25.3 Å². The Morgan fingerprint density at radius 3 is 2.89 bits per heavy atom. The summed E-state index contributed by atoms with van der Waals surface area (Å²) in [6.45, 7) is 2.92. The SMILES string of the molecule is O=C(NCc1noc(-c2cccc(F)c2)n1)c1cncc(N2CCOCC2)c1. The normalized spacial score (nSPS) is 14.1. The third-order valence-electron chi connectivity index (χ3n) is 4.31. The van der Waals surface area contributed by atoms with Crippen molar-refractivity contribution >= 4 is 11.6 Å². The molecule has 1 aliphatic rings. The molecule has 8 nitrogen and oxygen atoms in total. The van der Waals surface area contributed by atoms with Gasteiger partial charge in [-0.05, 0) is 24.3 Å². The smallest absolute Gasteiger partial charge is 0.258 e. The molecule has 0 unspecified atom stereocenters. The molecule has 0 aliphatic carbocycles. The lowest BCUT2D eigenvalue weighted by atomic mass is 10.2. The first kappa shape index (κ1) is 18.1. The van der Waals surface area contributed by atoms with Crippen LogP contribution in [0, 0.1) is 5.82 Å². The molecule has 9 heteroatoms. The Morgan fingerprint density at radius 2 is 2.07 bits per heavy atom. The van der Waals surface area contributed by atoms with Gasteiger partial charge in [-0.3, -0.25) is 9.78 Å². The van der Waals surface area contributed by atoms with Crippen LogP contribution >= 0.6 is 0 Å². The van der Waals surface area contributed by atoms with E-state index < -0.39 is 5.82 Å². The number of nitrogens with one attached hydrogen (secondary N) is 1. The van der Waals surface area contributed by atoms with Crippen LogP contribution in [0.15, 0.2) is 47.2 Å². The fraction of sp³-hybridized carbons (Fsp3) is 0.263. The predicted octanol–water partition coefficient (Wildman–Crippen LogP) is 2.04. The number of rotatable bonds is 5. The Labute approximate surface area is 160 Å². The van der Waals surface area contributed by atoms with E-state index in [0.717, 1.165) is 18.8 Å². The summed E-state index contributed by atoms with van der Waals surface area (Å²) >= 11 is 0. The summed E-state index contributed by atoms with van der Waals surface area (Å²) < 4.78 is 23.8. The van der Waals surface area contributed by atoms with E-state index in [1.165, 1.54) is 18.3 Å². The van der Waals surface area contributed by atoms with Crippen molar-refractivity contribution in [3.63, 3.8) is 0 Å². The van der Waals surface area contributed by atoms with Crippen LogP contribution in [0.4, 0.5) is 10.1 Å². The van der Waals surface area contributed by atoms with E-state index in [0.29, 0.717) is 30.2 Å². The van der Waals surface area contributed by atoms with Gasteiger partial charge in [0.15, 0.2) is 5.82 Å². The van der Waals surface area contributed by atoms with E-state index in [-0.39, 0.29) is 18.3 Å². The average molecular weight is 383 g/mol. The lowest BCUT2D eigenvalue weighted by Gasteiger charge is -2.28. The molecule has 1 amide bonds. The molecule has 3 heterocycles. The molecule has 28 heavy (non-hydrogen) atoms. The number of carbonyl (C=O) groups excluding carboxylic acids is 1. The maximum Gasteiger partial charge on any atom is 0.258 e. The van der Waals surface area contributed by atoms with Crippen molar-refractivity contribution in [2.24, 2.45) is 0 Å². The van der Waals surface area contributed by atoms with E-state index in [4.69, 9.17) is 9.26 Å². The van der Waals surface area contributed by atoms with Crippen LogP contribution in [0.25, 0.3) is 11.5 Å². The number of amides is 1. The van der Waals surface area contributed by atoms with Gasteiger partial charge < -0.3 is 19.5 Å². The second-order valence-electron chi connectivity index (χ2n) is 6.24. The minimum atomic E-state index is -0.391.